The second-order valence-electron chi connectivity index (χ2n) is 4.23. The van der Waals surface area contributed by atoms with E-state index in [1.807, 2.05) is 6.07 Å². The molecular formula is C13H15N5O3S. The first-order valence-corrected chi connectivity index (χ1v) is 7.30. The molecule has 1 aromatic heterocycles. The first kappa shape index (κ1) is 15.8. The van der Waals surface area contributed by atoms with Crippen molar-refractivity contribution < 1.29 is 14.3 Å². The molecule has 0 fully saturated rings. The van der Waals surface area contributed by atoms with Crippen LogP contribution >= 0.6 is 11.8 Å². The standard InChI is InChI=1S/C13H15N5O3S/c1-21-12(20)11(9-5-3-2-4-6-9)16-10(19)7-22-13-15-8-18(14)17-13/h2-6,8,11H,7,14H2,1H3,(H,16,19)/t11-/m0/s1. The third-order valence-corrected chi connectivity index (χ3v) is 3.55. The Morgan fingerprint density at radius 1 is 1.41 bits per heavy atom. The molecule has 0 saturated carbocycles. The zero-order valence-corrected chi connectivity index (χ0v) is 12.6. The van der Waals surface area contributed by atoms with Gasteiger partial charge in [0.25, 0.3) is 0 Å². The highest BCUT2D eigenvalue weighted by Gasteiger charge is 2.23. The van der Waals surface area contributed by atoms with Gasteiger partial charge in [0.15, 0.2) is 6.04 Å². The molecule has 1 atom stereocenters. The molecule has 22 heavy (non-hydrogen) atoms. The van der Waals surface area contributed by atoms with Gasteiger partial charge in [-0.15, -0.1) is 5.10 Å². The van der Waals surface area contributed by atoms with Gasteiger partial charge in [0.1, 0.15) is 6.33 Å². The number of hydrogen-bond acceptors (Lipinski definition) is 7. The fourth-order valence-electron chi connectivity index (χ4n) is 1.70. The Morgan fingerprint density at radius 2 is 2.14 bits per heavy atom. The number of carbonyl (C=O) groups excluding carboxylic acids is 2. The quantitative estimate of drug-likeness (QED) is 0.441. The second-order valence-corrected chi connectivity index (χ2v) is 5.17. The highest BCUT2D eigenvalue weighted by molar-refractivity contribution is 7.99. The first-order chi connectivity index (χ1) is 10.6. The average molecular weight is 321 g/mol. The van der Waals surface area contributed by atoms with Crippen molar-refractivity contribution in [1.29, 1.82) is 0 Å². The minimum absolute atomic E-state index is 0.0599. The van der Waals surface area contributed by atoms with Crippen LogP contribution in [0.15, 0.2) is 41.8 Å². The number of esters is 1. The lowest BCUT2D eigenvalue weighted by molar-refractivity contribution is -0.145. The van der Waals surface area contributed by atoms with Gasteiger partial charge in [0, 0.05) is 0 Å². The Bertz CT molecular complexity index is 646. The van der Waals surface area contributed by atoms with E-state index in [1.54, 1.807) is 24.3 Å². The molecule has 0 spiro atoms. The van der Waals surface area contributed by atoms with E-state index in [0.717, 1.165) is 16.6 Å². The van der Waals surface area contributed by atoms with Crippen molar-refractivity contribution >= 4 is 23.6 Å². The molecule has 0 radical (unpaired) electrons. The summed E-state index contributed by atoms with van der Waals surface area (Å²) in [7, 11) is 1.27. The van der Waals surface area contributed by atoms with Crippen LogP contribution in [-0.4, -0.2) is 39.6 Å². The van der Waals surface area contributed by atoms with Gasteiger partial charge < -0.3 is 15.9 Å². The number of thioether (sulfide) groups is 1. The van der Waals surface area contributed by atoms with Gasteiger partial charge in [-0.05, 0) is 5.56 Å². The molecule has 0 unspecified atom stereocenters. The van der Waals surface area contributed by atoms with Crippen LogP contribution in [0.1, 0.15) is 11.6 Å². The van der Waals surface area contributed by atoms with Crippen molar-refractivity contribution in [2.24, 2.45) is 0 Å². The molecule has 1 aromatic carbocycles. The maximum atomic E-state index is 12.0. The molecule has 2 aromatic rings. The molecule has 1 amide bonds. The summed E-state index contributed by atoms with van der Waals surface area (Å²) in [6.07, 6.45) is 1.33. The van der Waals surface area contributed by atoms with Gasteiger partial charge in [-0.25, -0.2) is 9.78 Å². The zero-order chi connectivity index (χ0) is 15.9. The van der Waals surface area contributed by atoms with Crippen LogP contribution < -0.4 is 11.2 Å². The number of carbonyl (C=O) groups is 2. The number of nitrogens with one attached hydrogen (secondary N) is 1. The summed E-state index contributed by atoms with van der Waals surface area (Å²) < 4.78 is 4.73. The monoisotopic (exact) mass is 321 g/mol. The van der Waals surface area contributed by atoms with Crippen molar-refractivity contribution in [3.63, 3.8) is 0 Å². The molecule has 0 aliphatic heterocycles. The maximum absolute atomic E-state index is 12.0. The van der Waals surface area contributed by atoms with E-state index in [0.29, 0.717) is 10.7 Å². The summed E-state index contributed by atoms with van der Waals surface area (Å²) in [5.74, 6) is 4.56. The Morgan fingerprint density at radius 3 is 2.73 bits per heavy atom. The molecule has 0 aliphatic rings. The van der Waals surface area contributed by atoms with E-state index in [2.05, 4.69) is 15.4 Å². The van der Waals surface area contributed by atoms with Gasteiger partial charge in [0.05, 0.1) is 12.9 Å². The van der Waals surface area contributed by atoms with Crippen LogP contribution in [0.4, 0.5) is 0 Å². The summed E-state index contributed by atoms with van der Waals surface area (Å²) in [6, 6.07) is 8.02. The Balaban J connectivity index is 1.98. The van der Waals surface area contributed by atoms with Gasteiger partial charge in [0.2, 0.25) is 11.1 Å². The Kier molecular flexibility index (Phi) is 5.37. The molecule has 0 aliphatic carbocycles. The van der Waals surface area contributed by atoms with Crippen molar-refractivity contribution in [1.82, 2.24) is 20.2 Å². The van der Waals surface area contributed by atoms with Crippen molar-refractivity contribution in [2.45, 2.75) is 11.2 Å². The number of benzene rings is 1. The van der Waals surface area contributed by atoms with Crippen LogP contribution in [0.25, 0.3) is 0 Å². The molecular weight excluding hydrogens is 306 g/mol. The molecule has 0 bridgehead atoms. The van der Waals surface area contributed by atoms with Crippen LogP contribution in [0.2, 0.25) is 0 Å². The predicted octanol–water partition coefficient (Wildman–Crippen LogP) is 0.115. The van der Waals surface area contributed by atoms with E-state index in [1.165, 1.54) is 13.4 Å². The van der Waals surface area contributed by atoms with Gasteiger partial charge >= 0.3 is 5.97 Å². The highest BCUT2D eigenvalue weighted by atomic mass is 32.2. The van der Waals surface area contributed by atoms with Crippen molar-refractivity contribution in [2.75, 3.05) is 18.7 Å². The molecule has 1 heterocycles. The van der Waals surface area contributed by atoms with Gasteiger partial charge in [-0.1, -0.05) is 42.1 Å². The summed E-state index contributed by atoms with van der Waals surface area (Å²) in [5.41, 5.74) is 0.650. The molecule has 9 heteroatoms. The summed E-state index contributed by atoms with van der Waals surface area (Å²) in [5, 5.41) is 6.86. The van der Waals surface area contributed by atoms with E-state index in [9.17, 15) is 9.59 Å². The number of methoxy groups -OCH3 is 1. The molecule has 2 rings (SSSR count). The number of nitrogens with two attached hydrogens (primary N) is 1. The van der Waals surface area contributed by atoms with Gasteiger partial charge in [-0.3, -0.25) is 4.79 Å². The Hall–Kier alpha value is -2.55. The van der Waals surface area contributed by atoms with Crippen LogP contribution in [-0.2, 0) is 14.3 Å². The fraction of sp³-hybridized carbons (Fsp3) is 0.231. The fourth-order valence-corrected chi connectivity index (χ4v) is 2.32. The van der Waals surface area contributed by atoms with E-state index < -0.39 is 12.0 Å². The van der Waals surface area contributed by atoms with E-state index in [-0.39, 0.29) is 11.7 Å². The molecule has 8 nitrogen and oxygen atoms in total. The smallest absolute Gasteiger partial charge is 0.333 e. The lowest BCUT2D eigenvalue weighted by atomic mass is 10.1. The van der Waals surface area contributed by atoms with E-state index >= 15 is 0 Å². The summed E-state index contributed by atoms with van der Waals surface area (Å²) in [4.78, 5) is 28.8. The summed E-state index contributed by atoms with van der Waals surface area (Å²) in [6.45, 7) is 0. The molecule has 116 valence electrons. The average Bonchev–Trinajstić information content (AvgIpc) is 2.96. The third-order valence-electron chi connectivity index (χ3n) is 2.69. The number of nitrogens with zero attached hydrogens (tertiary/aromatic N) is 3. The number of amides is 1. The van der Waals surface area contributed by atoms with Crippen LogP contribution in [0.3, 0.4) is 0 Å². The largest absolute Gasteiger partial charge is 0.467 e. The molecule has 3 N–H and O–H groups in total. The highest BCUT2D eigenvalue weighted by Crippen LogP contribution is 2.16. The SMILES string of the molecule is COC(=O)[C@@H](NC(=O)CSc1ncn(N)n1)c1ccccc1. The van der Waals surface area contributed by atoms with Gasteiger partial charge in [-0.2, -0.15) is 4.79 Å². The topological polar surface area (TPSA) is 112 Å². The minimum Gasteiger partial charge on any atom is -0.467 e. The maximum Gasteiger partial charge on any atom is 0.333 e. The summed E-state index contributed by atoms with van der Waals surface area (Å²) >= 11 is 1.12. The number of ether oxygens (including phenoxy) is 1. The van der Waals surface area contributed by atoms with Crippen molar-refractivity contribution in [3.05, 3.63) is 42.2 Å². The molecule has 0 saturated heterocycles. The number of nitrogen functional groups attached to an aromatic ring is 1. The third kappa shape index (κ3) is 4.22. The Labute approximate surface area is 131 Å². The zero-order valence-electron chi connectivity index (χ0n) is 11.8. The predicted molar refractivity (Wildman–Crippen MR) is 80.2 cm³/mol. The number of hydrogen-bond donors (Lipinski definition) is 2. The lowest BCUT2D eigenvalue weighted by Gasteiger charge is -2.16. The lowest BCUT2D eigenvalue weighted by Crippen LogP contribution is -2.35. The van der Waals surface area contributed by atoms with Crippen LogP contribution in [0.5, 0.6) is 0 Å². The second kappa shape index (κ2) is 7.46. The number of aromatic nitrogens is 3. The first-order valence-electron chi connectivity index (χ1n) is 6.32. The minimum atomic E-state index is -0.848. The van der Waals surface area contributed by atoms with Crippen molar-refractivity contribution in [3.8, 4) is 0 Å². The normalized spacial score (nSPS) is 11.7. The van der Waals surface area contributed by atoms with Crippen LogP contribution in [0, 0.1) is 0 Å². The van der Waals surface area contributed by atoms with E-state index in [4.69, 9.17) is 10.6 Å². The number of rotatable bonds is 6.